The molecule has 0 aliphatic heterocycles. The molecule has 8 heteroatoms. The molecule has 23 heavy (non-hydrogen) atoms. The zero-order valence-corrected chi connectivity index (χ0v) is 14.6. The summed E-state index contributed by atoms with van der Waals surface area (Å²) in [5, 5.41) is 11.7. The van der Waals surface area contributed by atoms with Crippen molar-refractivity contribution >= 4 is 39.3 Å². The number of carbonyl (C=O) groups excluding carboxylic acids is 1. The van der Waals surface area contributed by atoms with Crippen molar-refractivity contribution in [3.8, 4) is 11.6 Å². The lowest BCUT2D eigenvalue weighted by Crippen LogP contribution is -2.14. The first-order valence-corrected chi connectivity index (χ1v) is 8.53. The van der Waals surface area contributed by atoms with E-state index in [1.54, 1.807) is 16.9 Å². The van der Waals surface area contributed by atoms with E-state index in [-0.39, 0.29) is 11.7 Å². The quantitative estimate of drug-likeness (QED) is 0.671. The molecule has 3 rings (SSSR count). The number of furan rings is 1. The second-order valence-electron chi connectivity index (χ2n) is 4.69. The van der Waals surface area contributed by atoms with Crippen molar-refractivity contribution in [3.05, 3.63) is 47.1 Å². The first-order valence-electron chi connectivity index (χ1n) is 6.75. The monoisotopic (exact) mass is 392 g/mol. The molecule has 3 aromatic rings. The molecular formula is C15H13BrN4O2S. The van der Waals surface area contributed by atoms with Crippen molar-refractivity contribution in [2.45, 2.75) is 5.16 Å². The van der Waals surface area contributed by atoms with Gasteiger partial charge in [-0.05, 0) is 36.4 Å². The number of carbonyl (C=O) groups is 1. The smallest absolute Gasteiger partial charge is 0.234 e. The Kier molecular flexibility index (Phi) is 4.82. The number of nitrogens with one attached hydrogen (secondary N) is 1. The van der Waals surface area contributed by atoms with Crippen LogP contribution in [0.15, 0.2) is 56.7 Å². The first kappa shape index (κ1) is 15.8. The third kappa shape index (κ3) is 3.83. The fourth-order valence-corrected chi connectivity index (χ4v) is 2.90. The molecule has 0 saturated carbocycles. The summed E-state index contributed by atoms with van der Waals surface area (Å²) in [7, 11) is 1.84. The number of benzene rings is 1. The molecule has 6 nitrogen and oxygen atoms in total. The van der Waals surface area contributed by atoms with Gasteiger partial charge in [0.25, 0.3) is 0 Å². The molecule has 0 radical (unpaired) electrons. The van der Waals surface area contributed by atoms with Crippen LogP contribution >= 0.6 is 27.7 Å². The average Bonchev–Trinajstić information content (AvgIpc) is 3.17. The molecular weight excluding hydrogens is 380 g/mol. The Labute approximate surface area is 145 Å². The van der Waals surface area contributed by atoms with Crippen molar-refractivity contribution < 1.29 is 9.21 Å². The van der Waals surface area contributed by atoms with Gasteiger partial charge in [0.2, 0.25) is 5.91 Å². The fourth-order valence-electron chi connectivity index (χ4n) is 1.92. The molecule has 1 amide bonds. The predicted octanol–water partition coefficient (Wildman–Crippen LogP) is 3.57. The van der Waals surface area contributed by atoms with Crippen molar-refractivity contribution in [3.63, 3.8) is 0 Å². The summed E-state index contributed by atoms with van der Waals surface area (Å²) < 4.78 is 8.08. The Morgan fingerprint density at radius 2 is 2.09 bits per heavy atom. The van der Waals surface area contributed by atoms with E-state index in [0.29, 0.717) is 16.7 Å². The number of hydrogen-bond donors (Lipinski definition) is 1. The van der Waals surface area contributed by atoms with E-state index < -0.39 is 0 Å². The lowest BCUT2D eigenvalue weighted by Gasteiger charge is -2.05. The van der Waals surface area contributed by atoms with Crippen LogP contribution in [0.3, 0.4) is 0 Å². The van der Waals surface area contributed by atoms with E-state index in [2.05, 4.69) is 31.4 Å². The van der Waals surface area contributed by atoms with E-state index in [4.69, 9.17) is 4.42 Å². The van der Waals surface area contributed by atoms with Crippen molar-refractivity contribution in [1.82, 2.24) is 14.8 Å². The van der Waals surface area contributed by atoms with Crippen LogP contribution < -0.4 is 5.32 Å². The highest BCUT2D eigenvalue weighted by Crippen LogP contribution is 2.23. The molecule has 118 valence electrons. The first-order chi connectivity index (χ1) is 11.1. The topological polar surface area (TPSA) is 73.0 Å². The summed E-state index contributed by atoms with van der Waals surface area (Å²) in [5.74, 6) is 1.43. The Balaban J connectivity index is 1.60. The van der Waals surface area contributed by atoms with Gasteiger partial charge >= 0.3 is 0 Å². The van der Waals surface area contributed by atoms with Crippen molar-refractivity contribution in [2.75, 3.05) is 11.1 Å². The molecule has 0 bridgehead atoms. The lowest BCUT2D eigenvalue weighted by molar-refractivity contribution is -0.113. The van der Waals surface area contributed by atoms with Crippen LogP contribution in [0.4, 0.5) is 5.69 Å². The van der Waals surface area contributed by atoms with Crippen LogP contribution in [-0.2, 0) is 11.8 Å². The van der Waals surface area contributed by atoms with Crippen LogP contribution in [0.2, 0.25) is 0 Å². The summed E-state index contributed by atoms with van der Waals surface area (Å²) in [4.78, 5) is 12.0. The van der Waals surface area contributed by atoms with E-state index in [1.807, 2.05) is 37.4 Å². The summed E-state index contributed by atoms with van der Waals surface area (Å²) >= 11 is 4.68. The Hall–Kier alpha value is -2.06. The van der Waals surface area contributed by atoms with Crippen LogP contribution in [0.5, 0.6) is 0 Å². The Morgan fingerprint density at radius 1 is 1.30 bits per heavy atom. The molecule has 0 aliphatic rings. The van der Waals surface area contributed by atoms with Gasteiger partial charge in [0.1, 0.15) is 0 Å². The molecule has 2 heterocycles. The number of aromatic nitrogens is 3. The number of thioether (sulfide) groups is 1. The van der Waals surface area contributed by atoms with E-state index in [0.717, 1.165) is 10.2 Å². The second-order valence-corrected chi connectivity index (χ2v) is 6.54. The Morgan fingerprint density at radius 3 is 2.78 bits per heavy atom. The number of anilines is 1. The molecule has 0 aliphatic carbocycles. The average molecular weight is 393 g/mol. The van der Waals surface area contributed by atoms with E-state index in [9.17, 15) is 4.79 Å². The zero-order chi connectivity index (χ0) is 16.2. The summed E-state index contributed by atoms with van der Waals surface area (Å²) in [6.45, 7) is 0. The van der Waals surface area contributed by atoms with Gasteiger partial charge in [-0.15, -0.1) is 10.2 Å². The minimum Gasteiger partial charge on any atom is -0.461 e. The van der Waals surface area contributed by atoms with Crippen LogP contribution in [0, 0.1) is 0 Å². The number of hydrogen-bond acceptors (Lipinski definition) is 5. The highest BCUT2D eigenvalue weighted by atomic mass is 79.9. The molecule has 0 atom stereocenters. The predicted molar refractivity (Wildman–Crippen MR) is 92.2 cm³/mol. The number of nitrogens with zero attached hydrogens (tertiary/aromatic N) is 3. The van der Waals surface area contributed by atoms with Gasteiger partial charge in [-0.25, -0.2) is 0 Å². The third-order valence-electron chi connectivity index (χ3n) is 3.04. The SMILES string of the molecule is Cn1c(SCC(=O)Nc2ccc(Br)cc2)nnc1-c1ccco1. The van der Waals surface area contributed by atoms with Gasteiger partial charge in [-0.3, -0.25) is 4.79 Å². The maximum absolute atomic E-state index is 12.0. The van der Waals surface area contributed by atoms with Crippen molar-refractivity contribution in [2.24, 2.45) is 7.05 Å². The summed E-state index contributed by atoms with van der Waals surface area (Å²) in [6.07, 6.45) is 1.59. The number of halogens is 1. The van der Waals surface area contributed by atoms with Gasteiger partial charge in [0.05, 0.1) is 12.0 Å². The minimum absolute atomic E-state index is 0.0973. The van der Waals surface area contributed by atoms with E-state index in [1.165, 1.54) is 11.8 Å². The lowest BCUT2D eigenvalue weighted by atomic mass is 10.3. The maximum atomic E-state index is 12.0. The molecule has 1 aromatic carbocycles. The van der Waals surface area contributed by atoms with Gasteiger partial charge in [-0.2, -0.15) is 0 Å². The molecule has 0 saturated heterocycles. The zero-order valence-electron chi connectivity index (χ0n) is 12.2. The largest absolute Gasteiger partial charge is 0.461 e. The van der Waals surface area contributed by atoms with Gasteiger partial charge in [-0.1, -0.05) is 27.7 Å². The van der Waals surface area contributed by atoms with Crippen LogP contribution in [0.25, 0.3) is 11.6 Å². The summed E-state index contributed by atoms with van der Waals surface area (Å²) in [6, 6.07) is 11.0. The Bertz CT molecular complexity index is 800. The van der Waals surface area contributed by atoms with Gasteiger partial charge in [0.15, 0.2) is 16.7 Å². The fraction of sp³-hybridized carbons (Fsp3) is 0.133. The van der Waals surface area contributed by atoms with E-state index >= 15 is 0 Å². The highest BCUT2D eigenvalue weighted by Gasteiger charge is 2.14. The number of amides is 1. The molecule has 2 aromatic heterocycles. The maximum Gasteiger partial charge on any atom is 0.234 e. The minimum atomic E-state index is -0.0973. The van der Waals surface area contributed by atoms with Gasteiger partial charge in [0, 0.05) is 17.2 Å². The third-order valence-corrected chi connectivity index (χ3v) is 4.59. The van der Waals surface area contributed by atoms with Crippen LogP contribution in [0.1, 0.15) is 0 Å². The van der Waals surface area contributed by atoms with Gasteiger partial charge < -0.3 is 14.3 Å². The molecule has 0 fully saturated rings. The normalized spacial score (nSPS) is 10.7. The number of rotatable bonds is 5. The molecule has 0 unspecified atom stereocenters. The highest BCUT2D eigenvalue weighted by molar-refractivity contribution is 9.10. The standard InChI is InChI=1S/C15H13BrN4O2S/c1-20-14(12-3-2-8-22-12)18-19-15(20)23-9-13(21)17-11-6-4-10(16)5-7-11/h2-8H,9H2,1H3,(H,17,21). The van der Waals surface area contributed by atoms with Crippen LogP contribution in [-0.4, -0.2) is 26.4 Å². The molecule has 1 N–H and O–H groups in total. The summed E-state index contributed by atoms with van der Waals surface area (Å²) in [5.41, 5.74) is 0.757. The van der Waals surface area contributed by atoms with Crippen molar-refractivity contribution in [1.29, 1.82) is 0 Å². The molecule has 0 spiro atoms. The second kappa shape index (κ2) is 7.01.